The van der Waals surface area contributed by atoms with E-state index in [1.54, 1.807) is 6.92 Å². The van der Waals surface area contributed by atoms with Crippen LogP contribution in [-0.2, 0) is 14.6 Å². The lowest BCUT2D eigenvalue weighted by molar-refractivity contribution is -0.114. The van der Waals surface area contributed by atoms with Crippen molar-refractivity contribution in [3.63, 3.8) is 0 Å². The van der Waals surface area contributed by atoms with Gasteiger partial charge in [-0.2, -0.15) is 0 Å². The molecule has 0 radical (unpaired) electrons. The van der Waals surface area contributed by atoms with Crippen LogP contribution in [0.25, 0.3) is 0 Å². The van der Waals surface area contributed by atoms with E-state index in [0.29, 0.717) is 11.6 Å². The number of sulfone groups is 1. The van der Waals surface area contributed by atoms with E-state index < -0.39 is 21.3 Å². The number of carbonyl (C=O) groups is 2. The molecule has 1 saturated heterocycles. The molecule has 1 aromatic heterocycles. The molecule has 0 unspecified atom stereocenters. The van der Waals surface area contributed by atoms with Gasteiger partial charge in [-0.15, -0.1) is 11.3 Å². The lowest BCUT2D eigenvalue weighted by Gasteiger charge is -2.23. The molecule has 2 N–H and O–H groups in total. The molecule has 2 amide bonds. The predicted octanol–water partition coefficient (Wildman–Crippen LogP) is 0.408. The van der Waals surface area contributed by atoms with Gasteiger partial charge in [-0.25, -0.2) is 13.4 Å². The lowest BCUT2D eigenvalue weighted by Crippen LogP contribution is -2.47. The Kier molecular flexibility index (Phi) is 3.83. The monoisotopic (exact) mass is 317 g/mol. The molecule has 110 valence electrons. The Labute approximate surface area is 120 Å². The number of hydrogen-bond donors (Lipinski definition) is 2. The van der Waals surface area contributed by atoms with Crippen LogP contribution in [0.3, 0.4) is 0 Å². The molecule has 0 saturated carbocycles. The summed E-state index contributed by atoms with van der Waals surface area (Å²) < 4.78 is 23.0. The van der Waals surface area contributed by atoms with E-state index in [2.05, 4.69) is 15.6 Å². The number of aromatic nitrogens is 1. The maximum atomic E-state index is 12.0. The molecule has 7 nitrogen and oxygen atoms in total. The van der Waals surface area contributed by atoms with Crippen molar-refractivity contribution in [1.82, 2.24) is 10.3 Å². The molecule has 1 aliphatic rings. The molecule has 1 aliphatic heterocycles. The molecule has 1 fully saturated rings. The number of hydrogen-bond acceptors (Lipinski definition) is 6. The second-order valence-electron chi connectivity index (χ2n) is 5.08. The van der Waals surface area contributed by atoms with Crippen molar-refractivity contribution in [2.24, 2.45) is 0 Å². The van der Waals surface area contributed by atoms with E-state index in [1.165, 1.54) is 12.3 Å². The smallest absolute Gasteiger partial charge is 0.271 e. The highest BCUT2D eigenvalue weighted by Crippen LogP contribution is 2.24. The standard InChI is InChI=1S/C11H15N3O4S2/c1-7(15)12-10-13-8(5-19-10)9(16)14-11(2)3-4-20(17,18)6-11/h5H,3-4,6H2,1-2H3,(H,14,16)(H,12,13,15)/t11-/m0/s1. The zero-order valence-corrected chi connectivity index (χ0v) is 12.7. The average molecular weight is 317 g/mol. The van der Waals surface area contributed by atoms with Crippen LogP contribution in [0.5, 0.6) is 0 Å². The van der Waals surface area contributed by atoms with Crippen LogP contribution >= 0.6 is 11.3 Å². The molecule has 9 heteroatoms. The Morgan fingerprint density at radius 3 is 2.70 bits per heavy atom. The summed E-state index contributed by atoms with van der Waals surface area (Å²) in [6, 6.07) is 0. The Bertz CT molecular complexity index is 652. The maximum absolute atomic E-state index is 12.0. The largest absolute Gasteiger partial charge is 0.344 e. The topological polar surface area (TPSA) is 105 Å². The first-order valence-electron chi connectivity index (χ1n) is 5.95. The molecule has 0 spiro atoms. The predicted molar refractivity (Wildman–Crippen MR) is 75.6 cm³/mol. The first-order chi connectivity index (χ1) is 9.19. The molecule has 1 aromatic rings. The van der Waals surface area contributed by atoms with Crippen molar-refractivity contribution in [2.75, 3.05) is 16.8 Å². The fourth-order valence-electron chi connectivity index (χ4n) is 2.03. The number of anilines is 1. The van der Waals surface area contributed by atoms with Crippen LogP contribution in [0, 0.1) is 0 Å². The molecule has 0 aliphatic carbocycles. The third-order valence-electron chi connectivity index (χ3n) is 2.94. The summed E-state index contributed by atoms with van der Waals surface area (Å²) in [6.45, 7) is 3.06. The van der Waals surface area contributed by atoms with Crippen LogP contribution in [-0.4, -0.2) is 42.3 Å². The van der Waals surface area contributed by atoms with Crippen molar-refractivity contribution in [3.05, 3.63) is 11.1 Å². The molecule has 2 rings (SSSR count). The van der Waals surface area contributed by atoms with E-state index in [0.717, 1.165) is 11.3 Å². The van der Waals surface area contributed by atoms with Gasteiger partial charge < -0.3 is 10.6 Å². The molecule has 0 bridgehead atoms. The van der Waals surface area contributed by atoms with Crippen molar-refractivity contribution >= 4 is 38.1 Å². The van der Waals surface area contributed by atoms with E-state index in [1.807, 2.05) is 0 Å². The van der Waals surface area contributed by atoms with Gasteiger partial charge in [-0.05, 0) is 13.3 Å². The van der Waals surface area contributed by atoms with Crippen LogP contribution in [0.1, 0.15) is 30.8 Å². The number of carbonyl (C=O) groups excluding carboxylic acids is 2. The highest BCUT2D eigenvalue weighted by molar-refractivity contribution is 7.91. The number of thiazole rings is 1. The highest BCUT2D eigenvalue weighted by atomic mass is 32.2. The SMILES string of the molecule is CC(=O)Nc1nc(C(=O)N[C@@]2(C)CCS(=O)(=O)C2)cs1. The first-order valence-corrected chi connectivity index (χ1v) is 8.65. The molecule has 1 atom stereocenters. The van der Waals surface area contributed by atoms with Crippen molar-refractivity contribution < 1.29 is 18.0 Å². The Morgan fingerprint density at radius 2 is 2.15 bits per heavy atom. The number of nitrogens with zero attached hydrogens (tertiary/aromatic N) is 1. The normalized spacial score (nSPS) is 24.3. The zero-order chi connectivity index (χ0) is 15.0. The minimum atomic E-state index is -3.08. The Hall–Kier alpha value is -1.48. The summed E-state index contributed by atoms with van der Waals surface area (Å²) >= 11 is 1.14. The van der Waals surface area contributed by atoms with Crippen LogP contribution < -0.4 is 10.6 Å². The quantitative estimate of drug-likeness (QED) is 0.840. The summed E-state index contributed by atoms with van der Waals surface area (Å²) in [5.41, 5.74) is -0.586. The highest BCUT2D eigenvalue weighted by Gasteiger charge is 2.39. The summed E-state index contributed by atoms with van der Waals surface area (Å²) in [4.78, 5) is 26.9. The summed E-state index contributed by atoms with van der Waals surface area (Å²) in [5, 5.41) is 7.06. The van der Waals surface area contributed by atoms with Crippen molar-refractivity contribution in [3.8, 4) is 0 Å². The van der Waals surface area contributed by atoms with Gasteiger partial charge in [-0.3, -0.25) is 9.59 Å². The van der Waals surface area contributed by atoms with Gasteiger partial charge >= 0.3 is 0 Å². The fraction of sp³-hybridized carbons (Fsp3) is 0.545. The van der Waals surface area contributed by atoms with Crippen LogP contribution in [0.15, 0.2) is 5.38 Å². The number of nitrogens with one attached hydrogen (secondary N) is 2. The summed E-state index contributed by atoms with van der Waals surface area (Å²) in [6.07, 6.45) is 0.393. The van der Waals surface area contributed by atoms with Gasteiger partial charge in [0.2, 0.25) is 5.91 Å². The third kappa shape index (κ3) is 3.54. The van der Waals surface area contributed by atoms with Crippen molar-refractivity contribution in [2.45, 2.75) is 25.8 Å². The minimum absolute atomic E-state index is 0.0611. The van der Waals surface area contributed by atoms with Gasteiger partial charge in [0.25, 0.3) is 5.91 Å². The molecule has 20 heavy (non-hydrogen) atoms. The fourth-order valence-corrected chi connectivity index (χ4v) is 4.86. The second-order valence-corrected chi connectivity index (χ2v) is 8.12. The van der Waals surface area contributed by atoms with Gasteiger partial charge in [0.05, 0.1) is 17.0 Å². The molecular formula is C11H15N3O4S2. The van der Waals surface area contributed by atoms with E-state index >= 15 is 0 Å². The number of amides is 2. The molecular weight excluding hydrogens is 302 g/mol. The van der Waals surface area contributed by atoms with E-state index in [9.17, 15) is 18.0 Å². The zero-order valence-electron chi connectivity index (χ0n) is 11.1. The Balaban J connectivity index is 2.05. The summed E-state index contributed by atoms with van der Waals surface area (Å²) in [5.74, 6) is -0.676. The minimum Gasteiger partial charge on any atom is -0.344 e. The molecule has 2 heterocycles. The van der Waals surface area contributed by atoms with Crippen molar-refractivity contribution in [1.29, 1.82) is 0 Å². The van der Waals surface area contributed by atoms with E-state index in [-0.39, 0.29) is 23.1 Å². The average Bonchev–Trinajstić information content (AvgIpc) is 2.83. The van der Waals surface area contributed by atoms with Gasteiger partial charge in [0, 0.05) is 12.3 Å². The lowest BCUT2D eigenvalue weighted by atomic mass is 10.0. The second kappa shape index (κ2) is 5.13. The first kappa shape index (κ1) is 14.9. The van der Waals surface area contributed by atoms with Crippen LogP contribution in [0.2, 0.25) is 0 Å². The van der Waals surface area contributed by atoms with Gasteiger partial charge in [0.15, 0.2) is 15.0 Å². The Morgan fingerprint density at radius 1 is 1.45 bits per heavy atom. The van der Waals surface area contributed by atoms with Crippen LogP contribution in [0.4, 0.5) is 5.13 Å². The molecule has 0 aromatic carbocycles. The third-order valence-corrected chi connectivity index (χ3v) is 5.60. The number of rotatable bonds is 3. The summed E-state index contributed by atoms with van der Waals surface area (Å²) in [7, 11) is -3.08. The van der Waals surface area contributed by atoms with Gasteiger partial charge in [-0.1, -0.05) is 0 Å². The van der Waals surface area contributed by atoms with Gasteiger partial charge in [0.1, 0.15) is 5.69 Å². The maximum Gasteiger partial charge on any atom is 0.271 e. The van der Waals surface area contributed by atoms with E-state index in [4.69, 9.17) is 0 Å².